The molecule has 1 unspecified atom stereocenters. The number of nitrogens with two attached hydrogens (primary N) is 1. The van der Waals surface area contributed by atoms with Gasteiger partial charge in [-0.25, -0.2) is 0 Å². The van der Waals surface area contributed by atoms with E-state index in [0.29, 0.717) is 0 Å². The largest absolute Gasteiger partial charge is 0.469 e. The van der Waals surface area contributed by atoms with Crippen molar-refractivity contribution in [3.8, 4) is 0 Å². The Morgan fingerprint density at radius 1 is 1.24 bits per heavy atom. The molecule has 0 aliphatic carbocycles. The molecule has 90 valence electrons. The second-order valence-corrected chi connectivity index (χ2v) is 5.70. The van der Waals surface area contributed by atoms with E-state index in [1.54, 1.807) is 18.0 Å². The average molecular weight is 312 g/mol. The minimum Gasteiger partial charge on any atom is -0.469 e. The van der Waals surface area contributed by atoms with Crippen molar-refractivity contribution >= 4 is 27.7 Å². The first kappa shape index (κ1) is 12.7. The van der Waals surface area contributed by atoms with Crippen molar-refractivity contribution in [2.24, 2.45) is 5.73 Å². The highest BCUT2D eigenvalue weighted by atomic mass is 79.9. The number of thioether (sulfide) groups is 1. The summed E-state index contributed by atoms with van der Waals surface area (Å²) in [5, 5.41) is 0. The third-order valence-corrected chi connectivity index (χ3v) is 4.55. The fourth-order valence-electron chi connectivity index (χ4n) is 1.50. The van der Waals surface area contributed by atoms with Crippen LogP contribution in [0.1, 0.15) is 5.76 Å². The molecule has 2 nitrogen and oxygen atoms in total. The summed E-state index contributed by atoms with van der Waals surface area (Å²) in [7, 11) is 0. The lowest BCUT2D eigenvalue weighted by molar-refractivity contribution is 0.493. The summed E-state index contributed by atoms with van der Waals surface area (Å²) in [6, 6.07) is 12.1. The minimum atomic E-state index is 0.109. The quantitative estimate of drug-likeness (QED) is 0.856. The van der Waals surface area contributed by atoms with Gasteiger partial charge in [0.05, 0.1) is 6.26 Å². The van der Waals surface area contributed by atoms with E-state index < -0.39 is 0 Å². The van der Waals surface area contributed by atoms with Gasteiger partial charge in [-0.3, -0.25) is 0 Å². The van der Waals surface area contributed by atoms with Gasteiger partial charge in [-0.2, -0.15) is 0 Å². The lowest BCUT2D eigenvalue weighted by Crippen LogP contribution is -2.25. The number of furan rings is 1. The lowest BCUT2D eigenvalue weighted by atomic mass is 10.2. The van der Waals surface area contributed by atoms with Gasteiger partial charge in [0.1, 0.15) is 5.76 Å². The number of benzene rings is 1. The highest BCUT2D eigenvalue weighted by Crippen LogP contribution is 2.27. The maximum atomic E-state index is 6.07. The predicted molar refractivity (Wildman–Crippen MR) is 75.3 cm³/mol. The first-order chi connectivity index (χ1) is 8.25. The van der Waals surface area contributed by atoms with Crippen molar-refractivity contribution in [2.45, 2.75) is 17.4 Å². The summed E-state index contributed by atoms with van der Waals surface area (Å²) >= 11 is 5.29. The maximum absolute atomic E-state index is 6.07. The van der Waals surface area contributed by atoms with Gasteiger partial charge in [0.15, 0.2) is 0 Å². The molecule has 0 aliphatic rings. The SMILES string of the molecule is NC(CSc1ccccc1Br)Cc1ccco1. The average Bonchev–Trinajstić information content (AvgIpc) is 2.81. The Balaban J connectivity index is 1.84. The Kier molecular flexibility index (Phi) is 4.71. The molecule has 1 atom stereocenters. The lowest BCUT2D eigenvalue weighted by Gasteiger charge is -2.10. The third kappa shape index (κ3) is 3.91. The van der Waals surface area contributed by atoms with Crippen molar-refractivity contribution in [2.75, 3.05) is 5.75 Å². The first-order valence-corrected chi connectivity index (χ1v) is 7.19. The number of hydrogen-bond donors (Lipinski definition) is 1. The molecule has 0 radical (unpaired) electrons. The van der Waals surface area contributed by atoms with Gasteiger partial charge in [0, 0.05) is 27.6 Å². The summed E-state index contributed by atoms with van der Waals surface area (Å²) in [4.78, 5) is 1.22. The summed E-state index contributed by atoms with van der Waals surface area (Å²) in [5.41, 5.74) is 6.07. The van der Waals surface area contributed by atoms with E-state index in [-0.39, 0.29) is 6.04 Å². The van der Waals surface area contributed by atoms with Crippen LogP contribution in [0.4, 0.5) is 0 Å². The maximum Gasteiger partial charge on any atom is 0.105 e. The van der Waals surface area contributed by atoms with E-state index in [0.717, 1.165) is 22.4 Å². The fraction of sp³-hybridized carbons (Fsp3) is 0.231. The number of halogens is 1. The van der Waals surface area contributed by atoms with Crippen LogP contribution >= 0.6 is 27.7 Å². The first-order valence-electron chi connectivity index (χ1n) is 5.41. The highest BCUT2D eigenvalue weighted by Gasteiger charge is 2.08. The molecular formula is C13H14BrNOS. The van der Waals surface area contributed by atoms with Crippen LogP contribution in [0.25, 0.3) is 0 Å². The monoisotopic (exact) mass is 311 g/mol. The van der Waals surface area contributed by atoms with E-state index in [4.69, 9.17) is 10.2 Å². The zero-order chi connectivity index (χ0) is 12.1. The second-order valence-electron chi connectivity index (χ2n) is 3.78. The van der Waals surface area contributed by atoms with Crippen LogP contribution in [0, 0.1) is 0 Å². The Bertz CT molecular complexity index is 458. The van der Waals surface area contributed by atoms with E-state index >= 15 is 0 Å². The molecule has 1 aromatic carbocycles. The van der Waals surface area contributed by atoms with E-state index in [2.05, 4.69) is 22.0 Å². The van der Waals surface area contributed by atoms with Crippen LogP contribution in [-0.2, 0) is 6.42 Å². The number of hydrogen-bond acceptors (Lipinski definition) is 3. The molecule has 0 spiro atoms. The molecule has 0 fully saturated rings. The van der Waals surface area contributed by atoms with Gasteiger partial charge < -0.3 is 10.2 Å². The molecule has 2 N–H and O–H groups in total. The van der Waals surface area contributed by atoms with E-state index in [9.17, 15) is 0 Å². The molecule has 17 heavy (non-hydrogen) atoms. The molecule has 0 amide bonds. The molecule has 0 bridgehead atoms. The molecule has 1 heterocycles. The Morgan fingerprint density at radius 3 is 2.76 bits per heavy atom. The molecule has 2 aromatic rings. The molecule has 0 saturated carbocycles. The van der Waals surface area contributed by atoms with Crippen LogP contribution in [-0.4, -0.2) is 11.8 Å². The van der Waals surface area contributed by atoms with Crippen molar-refractivity contribution in [3.05, 3.63) is 52.9 Å². The summed E-state index contributed by atoms with van der Waals surface area (Å²) in [6.07, 6.45) is 2.47. The van der Waals surface area contributed by atoms with Crippen LogP contribution < -0.4 is 5.73 Å². The van der Waals surface area contributed by atoms with Crippen molar-refractivity contribution in [1.29, 1.82) is 0 Å². The van der Waals surface area contributed by atoms with Gasteiger partial charge in [0.2, 0.25) is 0 Å². The smallest absolute Gasteiger partial charge is 0.105 e. The standard InChI is InChI=1S/C13H14BrNOS/c14-12-5-1-2-6-13(12)17-9-10(15)8-11-4-3-7-16-11/h1-7,10H,8-9,15H2. The van der Waals surface area contributed by atoms with Gasteiger partial charge in [0.25, 0.3) is 0 Å². The van der Waals surface area contributed by atoms with Gasteiger partial charge >= 0.3 is 0 Å². The Hall–Kier alpha value is -0.710. The van der Waals surface area contributed by atoms with Crippen LogP contribution in [0.2, 0.25) is 0 Å². The van der Waals surface area contributed by atoms with Gasteiger partial charge in [-0.1, -0.05) is 12.1 Å². The number of rotatable bonds is 5. The summed E-state index contributed by atoms with van der Waals surface area (Å²) < 4.78 is 6.40. The normalized spacial score (nSPS) is 12.6. The van der Waals surface area contributed by atoms with Crippen LogP contribution in [0.15, 0.2) is 56.4 Å². The van der Waals surface area contributed by atoms with Crippen LogP contribution in [0.3, 0.4) is 0 Å². The zero-order valence-electron chi connectivity index (χ0n) is 9.30. The molecule has 4 heteroatoms. The van der Waals surface area contributed by atoms with Crippen molar-refractivity contribution < 1.29 is 4.42 Å². The predicted octanol–water partition coefficient (Wildman–Crippen LogP) is 3.70. The molecule has 2 rings (SSSR count). The Labute approximate surface area is 114 Å². The third-order valence-electron chi connectivity index (χ3n) is 2.33. The molecular weight excluding hydrogens is 298 g/mol. The van der Waals surface area contributed by atoms with Crippen molar-refractivity contribution in [1.82, 2.24) is 0 Å². The van der Waals surface area contributed by atoms with Crippen LogP contribution in [0.5, 0.6) is 0 Å². The molecule has 0 aliphatic heterocycles. The van der Waals surface area contributed by atoms with Gasteiger partial charge in [-0.05, 0) is 40.2 Å². The topological polar surface area (TPSA) is 39.2 Å². The van der Waals surface area contributed by atoms with E-state index in [1.807, 2.05) is 30.3 Å². The second kappa shape index (κ2) is 6.28. The summed E-state index contributed by atoms with van der Waals surface area (Å²) in [5.74, 6) is 1.83. The fourth-order valence-corrected chi connectivity index (χ4v) is 3.03. The highest BCUT2D eigenvalue weighted by molar-refractivity contribution is 9.10. The van der Waals surface area contributed by atoms with E-state index in [1.165, 1.54) is 4.90 Å². The molecule has 0 saturated heterocycles. The molecule has 1 aromatic heterocycles. The minimum absolute atomic E-state index is 0.109. The Morgan fingerprint density at radius 2 is 2.06 bits per heavy atom. The van der Waals surface area contributed by atoms with Gasteiger partial charge in [-0.15, -0.1) is 11.8 Å². The van der Waals surface area contributed by atoms with Crippen molar-refractivity contribution in [3.63, 3.8) is 0 Å². The zero-order valence-corrected chi connectivity index (χ0v) is 11.7. The summed E-state index contributed by atoms with van der Waals surface area (Å²) in [6.45, 7) is 0.